The average Bonchev–Trinajstić information content (AvgIpc) is 3.41. The maximum atomic E-state index is 13.0. The number of fused-ring (bicyclic) bond motifs is 7. The normalized spacial score (nSPS) is 37.5. The smallest absolute Gasteiger partial charge is 0.425 e. The lowest BCUT2D eigenvalue weighted by atomic mass is 9.47. The van der Waals surface area contributed by atoms with Crippen molar-refractivity contribution in [3.63, 3.8) is 0 Å². The fourth-order valence-corrected chi connectivity index (χ4v) is 8.79. The van der Waals surface area contributed by atoms with Crippen molar-refractivity contribution in [1.82, 2.24) is 16.3 Å². The van der Waals surface area contributed by atoms with Crippen molar-refractivity contribution in [2.24, 2.45) is 28.6 Å². The largest absolute Gasteiger partial charge is 0.462 e. The molecule has 1 amide bonds. The third-order valence-electron chi connectivity index (χ3n) is 10.5. The summed E-state index contributed by atoms with van der Waals surface area (Å²) in [5, 5.41) is 0. The second-order valence-electron chi connectivity index (χ2n) is 12.3. The van der Waals surface area contributed by atoms with Crippen LogP contribution in [0.4, 0.5) is 4.79 Å². The van der Waals surface area contributed by atoms with Gasteiger partial charge in [-0.3, -0.25) is 20.5 Å². The summed E-state index contributed by atoms with van der Waals surface area (Å²) in [6.45, 7) is 14.4. The summed E-state index contributed by atoms with van der Waals surface area (Å²) in [5.74, 6) is 0.397. The lowest BCUT2D eigenvalue weighted by molar-refractivity contribution is -0.153. The molecule has 0 aromatic rings. The number of carbonyl (C=O) groups is 3. The molecule has 5 rings (SSSR count). The van der Waals surface area contributed by atoms with E-state index < -0.39 is 23.1 Å². The lowest BCUT2D eigenvalue weighted by Gasteiger charge is -2.59. The highest BCUT2D eigenvalue weighted by Crippen LogP contribution is 2.71. The molecule has 10 heteroatoms. The van der Waals surface area contributed by atoms with Crippen molar-refractivity contribution in [3.05, 3.63) is 35.2 Å². The Kier molecular flexibility index (Phi) is 7.44. The minimum absolute atomic E-state index is 0.0456. The summed E-state index contributed by atoms with van der Waals surface area (Å²) in [6, 6.07) is 0. The second kappa shape index (κ2) is 10.4. The van der Waals surface area contributed by atoms with E-state index in [0.29, 0.717) is 29.7 Å². The maximum Gasteiger partial charge on any atom is 0.425 e. The molecule has 3 fully saturated rings. The number of hydrazine groups is 1. The summed E-state index contributed by atoms with van der Waals surface area (Å²) >= 11 is 0. The molecule has 4 aliphatic carbocycles. The zero-order valence-electron chi connectivity index (χ0n) is 24.3. The van der Waals surface area contributed by atoms with Gasteiger partial charge in [0.2, 0.25) is 0 Å². The van der Waals surface area contributed by atoms with Gasteiger partial charge in [0.25, 0.3) is 0 Å². The van der Waals surface area contributed by atoms with Gasteiger partial charge in [-0.2, -0.15) is 0 Å². The fraction of sp³-hybridized carbons (Fsp3) is 0.700. The fourth-order valence-electron chi connectivity index (χ4n) is 8.79. The summed E-state index contributed by atoms with van der Waals surface area (Å²) in [6.07, 6.45) is 7.82. The Morgan fingerprint density at radius 3 is 2.52 bits per heavy atom. The van der Waals surface area contributed by atoms with Gasteiger partial charge < -0.3 is 14.2 Å². The van der Waals surface area contributed by atoms with Crippen LogP contribution in [0.25, 0.3) is 0 Å². The number of hydrogen-bond donors (Lipinski definition) is 3. The third kappa shape index (κ3) is 4.21. The van der Waals surface area contributed by atoms with Crippen molar-refractivity contribution >= 4 is 18.0 Å². The Bertz CT molecular complexity index is 1160. The Morgan fingerprint density at radius 2 is 1.82 bits per heavy atom. The first kappa shape index (κ1) is 28.5. The van der Waals surface area contributed by atoms with Gasteiger partial charge in [-0.25, -0.2) is 15.0 Å². The highest BCUT2D eigenvalue weighted by molar-refractivity contribution is 5.90. The molecular formula is C30H43N3O7. The van der Waals surface area contributed by atoms with Crippen molar-refractivity contribution in [1.29, 1.82) is 0 Å². The number of esters is 2. The molecule has 1 aliphatic heterocycles. The van der Waals surface area contributed by atoms with E-state index in [0.717, 1.165) is 44.1 Å². The summed E-state index contributed by atoms with van der Waals surface area (Å²) in [5.41, 5.74) is 10.00. The summed E-state index contributed by atoms with van der Waals surface area (Å²) < 4.78 is 16.0. The molecule has 0 bridgehead atoms. The molecule has 5 aliphatic rings. The number of hydrogen-bond acceptors (Lipinski definition) is 9. The van der Waals surface area contributed by atoms with E-state index in [2.05, 4.69) is 42.8 Å². The highest BCUT2D eigenvalue weighted by Gasteiger charge is 2.71. The number of allylic oxidation sites excluding steroid dienone is 1. The van der Waals surface area contributed by atoms with Crippen LogP contribution < -0.4 is 16.3 Å². The molecule has 3 N–H and O–H groups in total. The number of nitrogens with one attached hydrogen (secondary N) is 3. The molecule has 40 heavy (non-hydrogen) atoms. The molecule has 1 heterocycles. The molecular weight excluding hydrogens is 514 g/mol. The Labute approximate surface area is 236 Å². The topological polar surface area (TPSA) is 124 Å². The first-order valence-corrected chi connectivity index (χ1v) is 14.6. The van der Waals surface area contributed by atoms with Crippen LogP contribution >= 0.6 is 0 Å². The molecule has 0 radical (unpaired) electrons. The lowest BCUT2D eigenvalue weighted by Crippen LogP contribution is -2.59. The molecule has 0 aromatic heterocycles. The monoisotopic (exact) mass is 557 g/mol. The minimum atomic E-state index is -1.05. The zero-order chi connectivity index (χ0) is 28.9. The second-order valence-corrected chi connectivity index (χ2v) is 12.3. The van der Waals surface area contributed by atoms with E-state index in [1.807, 2.05) is 0 Å². The van der Waals surface area contributed by atoms with E-state index in [-0.39, 0.29) is 36.6 Å². The van der Waals surface area contributed by atoms with Gasteiger partial charge in [-0.05, 0) is 75.5 Å². The van der Waals surface area contributed by atoms with Crippen LogP contribution in [-0.2, 0) is 28.6 Å². The van der Waals surface area contributed by atoms with Gasteiger partial charge in [-0.15, -0.1) is 0 Å². The number of ether oxygens (including phenoxy) is 3. The number of carbonyl (C=O) groups excluding carboxylic acids is 3. The van der Waals surface area contributed by atoms with Gasteiger partial charge in [0.05, 0.1) is 18.9 Å². The van der Waals surface area contributed by atoms with Crippen LogP contribution in [-0.4, -0.2) is 43.0 Å². The van der Waals surface area contributed by atoms with E-state index in [1.54, 1.807) is 13.8 Å². The first-order valence-electron chi connectivity index (χ1n) is 14.6. The van der Waals surface area contributed by atoms with Crippen LogP contribution in [0.2, 0.25) is 0 Å². The third-order valence-corrected chi connectivity index (χ3v) is 10.5. The quantitative estimate of drug-likeness (QED) is 0.181. The van der Waals surface area contributed by atoms with Crippen molar-refractivity contribution in [2.75, 3.05) is 13.2 Å². The minimum Gasteiger partial charge on any atom is -0.462 e. The standard InChI is InChI=1S/C30H43N3O7/c1-7-37-26(35)25-24-16-23-21-10-9-19-15-20(39-18(4)34)11-13-28(19,5)22(21)12-14-29(23,6)30(24,40-33-25)17(3)31-32-27(36)38-8-2/h9,20-23,31,33H,3,7-8,10-16H2,1-2,4-6H3,(H,32,36). The predicted molar refractivity (Wildman–Crippen MR) is 146 cm³/mol. The van der Waals surface area contributed by atoms with E-state index in [4.69, 9.17) is 19.0 Å². The molecule has 0 spiro atoms. The van der Waals surface area contributed by atoms with Gasteiger partial charge >= 0.3 is 18.0 Å². The maximum absolute atomic E-state index is 13.0. The molecule has 0 saturated heterocycles. The van der Waals surface area contributed by atoms with Gasteiger partial charge in [0.1, 0.15) is 11.8 Å². The first-order chi connectivity index (χ1) is 19.0. The van der Waals surface area contributed by atoms with Crippen LogP contribution in [0.1, 0.15) is 79.6 Å². The van der Waals surface area contributed by atoms with Gasteiger partial charge in [0.15, 0.2) is 5.60 Å². The molecule has 7 atom stereocenters. The molecule has 7 unspecified atom stereocenters. The van der Waals surface area contributed by atoms with E-state index in [1.165, 1.54) is 12.5 Å². The van der Waals surface area contributed by atoms with E-state index >= 15 is 0 Å². The highest BCUT2D eigenvalue weighted by atomic mass is 16.7. The zero-order valence-corrected chi connectivity index (χ0v) is 24.3. The molecule has 10 nitrogen and oxygen atoms in total. The van der Waals surface area contributed by atoms with Crippen molar-refractivity contribution < 1.29 is 33.4 Å². The molecule has 0 aromatic carbocycles. The van der Waals surface area contributed by atoms with E-state index in [9.17, 15) is 14.4 Å². The number of hydroxylamine groups is 1. The average molecular weight is 558 g/mol. The predicted octanol–water partition coefficient (Wildman–Crippen LogP) is 4.35. The number of rotatable bonds is 7. The summed E-state index contributed by atoms with van der Waals surface area (Å²) in [4.78, 5) is 43.1. The molecule has 3 saturated carbocycles. The van der Waals surface area contributed by atoms with Gasteiger partial charge in [0, 0.05) is 24.3 Å². The van der Waals surface area contributed by atoms with Crippen LogP contribution in [0.3, 0.4) is 0 Å². The van der Waals surface area contributed by atoms with Crippen molar-refractivity contribution in [3.8, 4) is 0 Å². The van der Waals surface area contributed by atoms with Crippen LogP contribution in [0.5, 0.6) is 0 Å². The van der Waals surface area contributed by atoms with Crippen LogP contribution in [0.15, 0.2) is 35.2 Å². The van der Waals surface area contributed by atoms with Gasteiger partial charge in [-0.1, -0.05) is 32.1 Å². The summed E-state index contributed by atoms with van der Waals surface area (Å²) in [7, 11) is 0. The van der Waals surface area contributed by atoms with Crippen LogP contribution in [0, 0.1) is 28.6 Å². The Morgan fingerprint density at radius 1 is 1.07 bits per heavy atom. The Balaban J connectivity index is 1.49. The Hall–Kier alpha value is -3.01. The molecule has 220 valence electrons. The van der Waals surface area contributed by atoms with Crippen molar-refractivity contribution in [2.45, 2.75) is 91.3 Å². The SMILES string of the molecule is C=C(NNC(=O)OCC)C12ONC(C(=O)OCC)=C1CC1C3CC=C4CC(OC(C)=O)CCC4(C)C3CCC12C. The number of amides is 1.